The lowest BCUT2D eigenvalue weighted by Crippen LogP contribution is -2.23. The number of methoxy groups -OCH3 is 1. The molecule has 2 N–H and O–H groups in total. The largest absolute Gasteiger partial charge is 0.494 e. The molecule has 1 aliphatic rings. The Labute approximate surface area is 190 Å². The number of hydrogen-bond donors (Lipinski definition) is 2. The number of benzene rings is 2. The van der Waals surface area contributed by atoms with Gasteiger partial charge in [-0.05, 0) is 37.3 Å². The van der Waals surface area contributed by atoms with Gasteiger partial charge in [0, 0.05) is 29.7 Å². The summed E-state index contributed by atoms with van der Waals surface area (Å²) in [5.41, 5.74) is 2.53. The molecule has 1 aliphatic heterocycles. The number of nitrogens with one attached hydrogen (secondary N) is 2. The first kappa shape index (κ1) is 21.8. The van der Waals surface area contributed by atoms with Crippen LogP contribution in [0.1, 0.15) is 12.6 Å². The number of cyclic esters (lactones) is 1. The minimum absolute atomic E-state index is 0.155. The Morgan fingerprint density at radius 1 is 1.18 bits per heavy atom. The van der Waals surface area contributed by atoms with Crippen molar-refractivity contribution in [2.24, 2.45) is 0 Å². The summed E-state index contributed by atoms with van der Waals surface area (Å²) in [6.07, 6.45) is 2.70. The van der Waals surface area contributed by atoms with Crippen LogP contribution in [-0.4, -0.2) is 41.8 Å². The summed E-state index contributed by atoms with van der Waals surface area (Å²) < 4.78 is 12.1. The number of carbonyl (C=O) groups excluding carboxylic acids is 1. The van der Waals surface area contributed by atoms with Crippen molar-refractivity contribution < 1.29 is 14.3 Å². The lowest BCUT2D eigenvalue weighted by Gasteiger charge is -2.17. The fourth-order valence-electron chi connectivity index (χ4n) is 3.44. The minimum atomic E-state index is -0.405. The molecule has 0 unspecified atom stereocenters. The van der Waals surface area contributed by atoms with E-state index >= 15 is 0 Å². The van der Waals surface area contributed by atoms with Gasteiger partial charge in [0.25, 0.3) is 0 Å². The first-order valence-electron chi connectivity index (χ1n) is 10.3. The third-order valence-corrected chi connectivity index (χ3v) is 4.96. The van der Waals surface area contributed by atoms with Crippen LogP contribution in [0, 0.1) is 5.41 Å². The summed E-state index contributed by atoms with van der Waals surface area (Å²) in [6.45, 7) is 2.42. The number of hydrogen-bond acceptors (Lipinski definition) is 7. The van der Waals surface area contributed by atoms with Gasteiger partial charge < -0.3 is 20.2 Å². The number of amides is 1. The molecule has 4 rings (SSSR count). The number of allylic oxidation sites excluding steroid dienone is 1. The van der Waals surface area contributed by atoms with Crippen LogP contribution >= 0.6 is 0 Å². The van der Waals surface area contributed by atoms with Crippen molar-refractivity contribution in [3.05, 3.63) is 82.8 Å². The van der Waals surface area contributed by atoms with Crippen LogP contribution < -0.4 is 20.4 Å². The maximum absolute atomic E-state index is 12.7. The number of rotatable bonds is 7. The first-order valence-corrected chi connectivity index (χ1v) is 10.3. The van der Waals surface area contributed by atoms with Gasteiger partial charge in [-0.1, -0.05) is 18.2 Å². The fraction of sp³-hybridized carbons (Fsp3) is 0.167. The normalized spacial score (nSPS) is 13.6. The van der Waals surface area contributed by atoms with Crippen LogP contribution in [0.2, 0.25) is 0 Å². The molecule has 1 fully saturated rings. The lowest BCUT2D eigenvalue weighted by molar-refractivity contribution is 0.181. The summed E-state index contributed by atoms with van der Waals surface area (Å²) in [4.78, 5) is 26.1. The summed E-state index contributed by atoms with van der Waals surface area (Å²) in [7, 11) is 1.52. The second kappa shape index (κ2) is 9.39. The monoisotopic (exact) mass is 445 g/mol. The van der Waals surface area contributed by atoms with Gasteiger partial charge in [-0.3, -0.25) is 9.69 Å². The van der Waals surface area contributed by atoms with Gasteiger partial charge >= 0.3 is 6.09 Å². The Balaban J connectivity index is 1.75. The Morgan fingerprint density at radius 3 is 2.64 bits per heavy atom. The highest BCUT2D eigenvalue weighted by molar-refractivity contribution is 5.98. The molecule has 33 heavy (non-hydrogen) atoms. The standard InChI is InChI=1S/C24H23N5O4/c1-16(25)14-19(26-17-6-4-3-5-7-17)23-21(30)10-11-29(27-23)20-9-8-18(15-22(20)32-2)28-12-13-33-24(28)31/h3-11,14-15,25-26H,12-13H2,1-2H3/b19-14-,25-16?. The zero-order chi connectivity index (χ0) is 23.4. The van der Waals surface area contributed by atoms with E-state index in [9.17, 15) is 9.59 Å². The van der Waals surface area contributed by atoms with Gasteiger partial charge in [0.05, 0.1) is 25.0 Å². The number of ether oxygens (including phenoxy) is 2. The molecule has 168 valence electrons. The maximum Gasteiger partial charge on any atom is 0.414 e. The molecule has 2 heterocycles. The van der Waals surface area contributed by atoms with E-state index in [1.54, 1.807) is 37.4 Å². The smallest absolute Gasteiger partial charge is 0.414 e. The Hall–Kier alpha value is -4.40. The molecule has 0 bridgehead atoms. The summed E-state index contributed by atoms with van der Waals surface area (Å²) in [5, 5.41) is 15.6. The van der Waals surface area contributed by atoms with E-state index in [-0.39, 0.29) is 16.8 Å². The summed E-state index contributed by atoms with van der Waals surface area (Å²) in [5.74, 6) is 0.471. The molecule has 1 saturated heterocycles. The van der Waals surface area contributed by atoms with Crippen molar-refractivity contribution in [3.63, 3.8) is 0 Å². The highest BCUT2D eigenvalue weighted by Gasteiger charge is 2.24. The van der Waals surface area contributed by atoms with E-state index in [0.717, 1.165) is 5.69 Å². The Bertz CT molecular complexity index is 1280. The molecule has 2 aromatic carbocycles. The highest BCUT2D eigenvalue weighted by atomic mass is 16.6. The molecule has 0 radical (unpaired) electrons. The van der Waals surface area contributed by atoms with Crippen LogP contribution in [-0.2, 0) is 4.74 Å². The molecule has 9 heteroatoms. The molecule has 9 nitrogen and oxygen atoms in total. The number of nitrogens with zero attached hydrogens (tertiary/aromatic N) is 3. The van der Waals surface area contributed by atoms with Gasteiger partial charge in [-0.15, -0.1) is 0 Å². The van der Waals surface area contributed by atoms with Crippen LogP contribution in [0.3, 0.4) is 0 Å². The van der Waals surface area contributed by atoms with Crippen molar-refractivity contribution >= 4 is 28.9 Å². The molecule has 1 amide bonds. The third-order valence-electron chi connectivity index (χ3n) is 4.96. The Morgan fingerprint density at radius 2 is 1.97 bits per heavy atom. The van der Waals surface area contributed by atoms with Crippen molar-refractivity contribution in [3.8, 4) is 11.4 Å². The molecule has 1 aromatic heterocycles. The Kier molecular flexibility index (Phi) is 6.21. The van der Waals surface area contributed by atoms with Gasteiger partial charge in [0.2, 0.25) is 5.43 Å². The van der Waals surface area contributed by atoms with Gasteiger partial charge in [0.1, 0.15) is 18.0 Å². The predicted molar refractivity (Wildman–Crippen MR) is 127 cm³/mol. The number of carbonyl (C=O) groups is 1. The molecular formula is C24H23N5O4. The topological polar surface area (TPSA) is 110 Å². The summed E-state index contributed by atoms with van der Waals surface area (Å²) >= 11 is 0. The first-order chi connectivity index (χ1) is 16.0. The van der Waals surface area contributed by atoms with Gasteiger partial charge in [-0.25, -0.2) is 9.48 Å². The van der Waals surface area contributed by atoms with E-state index < -0.39 is 6.09 Å². The van der Waals surface area contributed by atoms with E-state index in [1.807, 2.05) is 30.3 Å². The van der Waals surface area contributed by atoms with E-state index in [0.29, 0.717) is 36.0 Å². The third kappa shape index (κ3) is 4.77. The van der Waals surface area contributed by atoms with Crippen molar-refractivity contribution in [2.45, 2.75) is 6.92 Å². The van der Waals surface area contributed by atoms with Crippen LogP contribution in [0.15, 0.2) is 71.7 Å². The fourth-order valence-corrected chi connectivity index (χ4v) is 3.44. The molecular weight excluding hydrogens is 422 g/mol. The molecule has 0 aliphatic carbocycles. The maximum atomic E-state index is 12.7. The van der Waals surface area contributed by atoms with Crippen molar-refractivity contribution in [1.29, 1.82) is 5.41 Å². The lowest BCUT2D eigenvalue weighted by atomic mass is 10.2. The molecule has 0 spiro atoms. The molecule has 3 aromatic rings. The second-order valence-electron chi connectivity index (χ2n) is 7.33. The minimum Gasteiger partial charge on any atom is -0.494 e. The average molecular weight is 445 g/mol. The zero-order valence-electron chi connectivity index (χ0n) is 18.2. The van der Waals surface area contributed by atoms with Crippen LogP contribution in [0.4, 0.5) is 16.2 Å². The molecule has 0 atom stereocenters. The van der Waals surface area contributed by atoms with Crippen LogP contribution in [0.25, 0.3) is 11.4 Å². The van der Waals surface area contributed by atoms with E-state index in [4.69, 9.17) is 14.9 Å². The summed E-state index contributed by atoms with van der Waals surface area (Å²) in [6, 6.07) is 16.0. The number of para-hydroxylation sites is 1. The van der Waals surface area contributed by atoms with Crippen LogP contribution in [0.5, 0.6) is 5.75 Å². The average Bonchev–Trinajstić information content (AvgIpc) is 3.25. The predicted octanol–water partition coefficient (Wildman–Crippen LogP) is 3.69. The second-order valence-corrected chi connectivity index (χ2v) is 7.33. The van der Waals surface area contributed by atoms with E-state index in [1.165, 1.54) is 22.8 Å². The van der Waals surface area contributed by atoms with Crippen molar-refractivity contribution in [2.75, 3.05) is 30.5 Å². The highest BCUT2D eigenvalue weighted by Crippen LogP contribution is 2.29. The van der Waals surface area contributed by atoms with E-state index in [2.05, 4.69) is 10.4 Å². The number of aromatic nitrogens is 2. The van der Waals surface area contributed by atoms with Crippen molar-refractivity contribution in [1.82, 2.24) is 9.78 Å². The zero-order valence-corrected chi connectivity index (χ0v) is 18.2. The SMILES string of the molecule is COc1cc(N2CCOC2=O)ccc1-n1ccc(=O)c(/C(=C/C(C)=N)Nc2ccccc2)n1. The van der Waals surface area contributed by atoms with Gasteiger partial charge in [-0.2, -0.15) is 5.10 Å². The molecule has 0 saturated carbocycles. The number of anilines is 2. The van der Waals surface area contributed by atoms with Gasteiger partial charge in [0.15, 0.2) is 5.69 Å². The quantitative estimate of drug-likeness (QED) is 0.537.